The van der Waals surface area contributed by atoms with E-state index in [1.165, 1.54) is 0 Å². The van der Waals surface area contributed by atoms with Gasteiger partial charge in [-0.1, -0.05) is 29.8 Å². The molecule has 0 aliphatic carbocycles. The topological polar surface area (TPSA) is 73.9 Å². The molecule has 2 aromatic carbocycles. The maximum Gasteiger partial charge on any atom is 0.344 e. The Morgan fingerprint density at radius 3 is 2.20 bits per heavy atom. The van der Waals surface area contributed by atoms with Crippen LogP contribution in [-0.4, -0.2) is 31.7 Å². The number of nitrogens with one attached hydrogen (secondary N) is 1. The molecular weight excluding hydrogens is 322 g/mol. The fourth-order valence-corrected chi connectivity index (χ4v) is 2.00. The number of benzene rings is 2. The first-order chi connectivity index (χ1) is 12.1. The lowest BCUT2D eigenvalue weighted by Gasteiger charge is -2.11. The Kier molecular flexibility index (Phi) is 6.83. The van der Waals surface area contributed by atoms with Crippen molar-refractivity contribution in [3.05, 3.63) is 54.1 Å². The average Bonchev–Trinajstić information content (AvgIpc) is 2.61. The van der Waals surface area contributed by atoms with E-state index in [-0.39, 0.29) is 13.2 Å². The highest BCUT2D eigenvalue weighted by atomic mass is 16.6. The van der Waals surface area contributed by atoms with Gasteiger partial charge in [0.05, 0.1) is 6.61 Å². The molecular formula is C19H21NO5. The third kappa shape index (κ3) is 6.18. The zero-order chi connectivity index (χ0) is 18.1. The van der Waals surface area contributed by atoms with Crippen molar-refractivity contribution < 1.29 is 23.8 Å². The molecule has 0 heterocycles. The van der Waals surface area contributed by atoms with Crippen LogP contribution in [0.15, 0.2) is 48.5 Å². The summed E-state index contributed by atoms with van der Waals surface area (Å²) >= 11 is 0. The Morgan fingerprint density at radius 2 is 1.56 bits per heavy atom. The molecule has 0 fully saturated rings. The summed E-state index contributed by atoms with van der Waals surface area (Å²) in [5.41, 5.74) is 1.74. The maximum atomic E-state index is 11.8. The zero-order valence-corrected chi connectivity index (χ0v) is 14.3. The first-order valence-electron chi connectivity index (χ1n) is 7.95. The minimum atomic E-state index is -0.634. The summed E-state index contributed by atoms with van der Waals surface area (Å²) in [7, 11) is 0. The standard InChI is InChI=1S/C19H21NO5/c1-3-23-16-6-4-5-7-17(16)24-13-19(22)25-12-18(21)20-15-10-8-14(2)9-11-15/h4-11H,3,12-13H2,1-2H3,(H,20,21). The molecule has 6 heteroatoms. The predicted molar refractivity (Wildman–Crippen MR) is 93.9 cm³/mol. The van der Waals surface area contributed by atoms with Gasteiger partial charge in [-0.15, -0.1) is 0 Å². The molecule has 25 heavy (non-hydrogen) atoms. The number of esters is 1. The Labute approximate surface area is 146 Å². The first kappa shape index (κ1) is 18.3. The molecule has 0 radical (unpaired) electrons. The van der Waals surface area contributed by atoms with Gasteiger partial charge in [0.15, 0.2) is 24.7 Å². The highest BCUT2D eigenvalue weighted by molar-refractivity contribution is 5.92. The number of anilines is 1. The van der Waals surface area contributed by atoms with Crippen LogP contribution in [0.4, 0.5) is 5.69 Å². The van der Waals surface area contributed by atoms with Crippen molar-refractivity contribution in [2.75, 3.05) is 25.1 Å². The smallest absolute Gasteiger partial charge is 0.344 e. The molecule has 0 saturated heterocycles. The van der Waals surface area contributed by atoms with Crippen LogP contribution in [-0.2, 0) is 14.3 Å². The maximum absolute atomic E-state index is 11.8. The predicted octanol–water partition coefficient (Wildman–Crippen LogP) is 2.95. The summed E-state index contributed by atoms with van der Waals surface area (Å²) in [5, 5.41) is 2.65. The summed E-state index contributed by atoms with van der Waals surface area (Å²) in [4.78, 5) is 23.5. The van der Waals surface area contributed by atoms with Crippen LogP contribution in [0.5, 0.6) is 11.5 Å². The third-order valence-electron chi connectivity index (χ3n) is 3.19. The van der Waals surface area contributed by atoms with Gasteiger partial charge in [-0.3, -0.25) is 4.79 Å². The first-order valence-corrected chi connectivity index (χ1v) is 7.95. The molecule has 1 N–H and O–H groups in total. The van der Waals surface area contributed by atoms with E-state index in [4.69, 9.17) is 14.2 Å². The van der Waals surface area contributed by atoms with Crippen LogP contribution in [0, 0.1) is 6.92 Å². The Morgan fingerprint density at radius 1 is 0.920 bits per heavy atom. The lowest BCUT2D eigenvalue weighted by atomic mass is 10.2. The van der Waals surface area contributed by atoms with Gasteiger partial charge in [-0.05, 0) is 38.1 Å². The number of amides is 1. The third-order valence-corrected chi connectivity index (χ3v) is 3.19. The molecule has 0 aliphatic heterocycles. The number of para-hydroxylation sites is 2. The summed E-state index contributed by atoms with van der Waals surface area (Å²) < 4.78 is 15.7. The summed E-state index contributed by atoms with van der Waals surface area (Å²) in [6, 6.07) is 14.4. The number of aryl methyl sites for hydroxylation is 1. The summed E-state index contributed by atoms with van der Waals surface area (Å²) in [6.07, 6.45) is 0. The van der Waals surface area contributed by atoms with Crippen molar-refractivity contribution in [3.8, 4) is 11.5 Å². The van der Waals surface area contributed by atoms with E-state index in [9.17, 15) is 9.59 Å². The molecule has 0 aliphatic rings. The molecule has 6 nitrogen and oxygen atoms in total. The molecule has 0 unspecified atom stereocenters. The molecule has 0 spiro atoms. The number of rotatable bonds is 8. The Hall–Kier alpha value is -3.02. The van der Waals surface area contributed by atoms with E-state index in [1.54, 1.807) is 30.3 Å². The van der Waals surface area contributed by atoms with E-state index in [0.29, 0.717) is 23.8 Å². The number of hydrogen-bond acceptors (Lipinski definition) is 5. The lowest BCUT2D eigenvalue weighted by Crippen LogP contribution is -2.23. The second-order valence-corrected chi connectivity index (χ2v) is 5.24. The average molecular weight is 343 g/mol. The fourth-order valence-electron chi connectivity index (χ4n) is 2.00. The quantitative estimate of drug-likeness (QED) is 0.746. The number of carbonyl (C=O) groups is 2. The number of carbonyl (C=O) groups excluding carboxylic acids is 2. The molecule has 2 rings (SSSR count). The van der Waals surface area contributed by atoms with Gasteiger partial charge in [-0.2, -0.15) is 0 Å². The Bertz CT molecular complexity index is 712. The van der Waals surface area contributed by atoms with E-state index < -0.39 is 11.9 Å². The van der Waals surface area contributed by atoms with Crippen LogP contribution in [0.2, 0.25) is 0 Å². The van der Waals surface area contributed by atoms with Gasteiger partial charge in [0.1, 0.15) is 0 Å². The molecule has 132 valence electrons. The van der Waals surface area contributed by atoms with Crippen molar-refractivity contribution in [2.45, 2.75) is 13.8 Å². The van der Waals surface area contributed by atoms with Crippen LogP contribution in [0.1, 0.15) is 12.5 Å². The molecule has 2 aromatic rings. The molecule has 0 saturated carbocycles. The van der Waals surface area contributed by atoms with Crippen LogP contribution in [0.3, 0.4) is 0 Å². The highest BCUT2D eigenvalue weighted by Crippen LogP contribution is 2.26. The second kappa shape index (κ2) is 9.32. The van der Waals surface area contributed by atoms with Crippen LogP contribution >= 0.6 is 0 Å². The summed E-state index contributed by atoms with van der Waals surface area (Å²) in [6.45, 7) is 3.63. The number of hydrogen-bond donors (Lipinski definition) is 1. The van der Waals surface area contributed by atoms with E-state index in [1.807, 2.05) is 32.0 Å². The van der Waals surface area contributed by atoms with Crippen molar-refractivity contribution >= 4 is 17.6 Å². The van der Waals surface area contributed by atoms with Crippen LogP contribution in [0.25, 0.3) is 0 Å². The largest absolute Gasteiger partial charge is 0.490 e. The van der Waals surface area contributed by atoms with Crippen molar-refractivity contribution in [2.24, 2.45) is 0 Å². The summed E-state index contributed by atoms with van der Waals surface area (Å²) in [5.74, 6) is -0.0439. The van der Waals surface area contributed by atoms with Crippen LogP contribution < -0.4 is 14.8 Å². The van der Waals surface area contributed by atoms with Gasteiger partial charge in [-0.25, -0.2) is 4.79 Å². The van der Waals surface area contributed by atoms with Gasteiger partial charge >= 0.3 is 5.97 Å². The van der Waals surface area contributed by atoms with E-state index in [0.717, 1.165) is 5.56 Å². The zero-order valence-electron chi connectivity index (χ0n) is 14.3. The molecule has 0 bridgehead atoms. The van der Waals surface area contributed by atoms with Gasteiger partial charge in [0.2, 0.25) is 0 Å². The van der Waals surface area contributed by atoms with Gasteiger partial charge in [0.25, 0.3) is 5.91 Å². The lowest BCUT2D eigenvalue weighted by molar-refractivity contribution is -0.149. The molecule has 0 atom stereocenters. The van der Waals surface area contributed by atoms with E-state index >= 15 is 0 Å². The van der Waals surface area contributed by atoms with Gasteiger partial charge in [0, 0.05) is 5.69 Å². The van der Waals surface area contributed by atoms with Crippen molar-refractivity contribution in [1.82, 2.24) is 0 Å². The second-order valence-electron chi connectivity index (χ2n) is 5.24. The monoisotopic (exact) mass is 343 g/mol. The van der Waals surface area contributed by atoms with E-state index in [2.05, 4.69) is 5.32 Å². The molecule has 0 aromatic heterocycles. The normalized spacial score (nSPS) is 10.0. The minimum absolute atomic E-state index is 0.304. The Balaban J connectivity index is 1.75. The van der Waals surface area contributed by atoms with Crippen molar-refractivity contribution in [1.29, 1.82) is 0 Å². The highest BCUT2D eigenvalue weighted by Gasteiger charge is 2.11. The minimum Gasteiger partial charge on any atom is -0.490 e. The van der Waals surface area contributed by atoms with Gasteiger partial charge < -0.3 is 19.5 Å². The number of ether oxygens (including phenoxy) is 3. The SMILES string of the molecule is CCOc1ccccc1OCC(=O)OCC(=O)Nc1ccc(C)cc1. The molecule has 1 amide bonds. The fraction of sp³-hybridized carbons (Fsp3) is 0.263. The van der Waals surface area contributed by atoms with Crippen molar-refractivity contribution in [3.63, 3.8) is 0 Å².